The van der Waals surface area contributed by atoms with Crippen molar-refractivity contribution in [2.45, 2.75) is 19.5 Å². The molecule has 9 heteroatoms. The molecule has 0 bridgehead atoms. The zero-order valence-corrected chi connectivity index (χ0v) is 16.1. The van der Waals surface area contributed by atoms with Crippen molar-refractivity contribution in [2.75, 3.05) is 11.9 Å². The number of halogens is 4. The molecule has 0 aliphatic heterocycles. The molecule has 0 saturated carbocycles. The van der Waals surface area contributed by atoms with E-state index in [4.69, 9.17) is 16.3 Å². The van der Waals surface area contributed by atoms with Gasteiger partial charge in [0.15, 0.2) is 12.4 Å². The summed E-state index contributed by atoms with van der Waals surface area (Å²) in [4.78, 5) is 12.3. The molecule has 0 aliphatic carbocycles. The largest absolute Gasteiger partial charge is 0.484 e. The van der Waals surface area contributed by atoms with Crippen molar-refractivity contribution in [1.29, 1.82) is 0 Å². The van der Waals surface area contributed by atoms with Gasteiger partial charge in [-0.25, -0.2) is 4.68 Å². The number of rotatable bonds is 6. The Morgan fingerprint density at radius 2 is 1.93 bits per heavy atom. The van der Waals surface area contributed by atoms with Gasteiger partial charge in [0, 0.05) is 11.8 Å². The Morgan fingerprint density at radius 1 is 1.17 bits per heavy atom. The van der Waals surface area contributed by atoms with Crippen molar-refractivity contribution in [3.63, 3.8) is 0 Å². The van der Waals surface area contributed by atoms with E-state index in [1.165, 1.54) is 18.2 Å². The number of nitrogens with one attached hydrogen (secondary N) is 1. The van der Waals surface area contributed by atoms with Gasteiger partial charge in [-0.15, -0.1) is 5.10 Å². The van der Waals surface area contributed by atoms with Crippen LogP contribution in [0.2, 0.25) is 5.02 Å². The molecule has 0 saturated heterocycles. The van der Waals surface area contributed by atoms with Crippen molar-refractivity contribution in [3.05, 3.63) is 70.9 Å². The predicted octanol–water partition coefficient (Wildman–Crippen LogP) is 4.96. The first-order chi connectivity index (χ1) is 13.7. The van der Waals surface area contributed by atoms with E-state index in [9.17, 15) is 18.0 Å². The summed E-state index contributed by atoms with van der Waals surface area (Å²) < 4.78 is 43.1. The van der Waals surface area contributed by atoms with Crippen LogP contribution in [0.5, 0.6) is 5.75 Å². The highest BCUT2D eigenvalue weighted by Crippen LogP contribution is 2.23. The molecule has 3 aromatic rings. The lowest BCUT2D eigenvalue weighted by molar-refractivity contribution is -0.153. The molecule has 1 N–H and O–H groups in total. The van der Waals surface area contributed by atoms with Crippen LogP contribution in [0.25, 0.3) is 5.69 Å². The number of hydrogen-bond acceptors (Lipinski definition) is 3. The highest BCUT2D eigenvalue weighted by Gasteiger charge is 2.28. The summed E-state index contributed by atoms with van der Waals surface area (Å²) in [7, 11) is 0. The molecule has 0 aliphatic rings. The van der Waals surface area contributed by atoms with Crippen molar-refractivity contribution in [1.82, 2.24) is 9.78 Å². The van der Waals surface area contributed by atoms with Gasteiger partial charge < -0.3 is 10.1 Å². The molecule has 0 radical (unpaired) electrons. The van der Waals surface area contributed by atoms with Crippen LogP contribution in [0, 0.1) is 6.92 Å². The third-order valence-electron chi connectivity index (χ3n) is 3.90. The first-order valence-corrected chi connectivity index (χ1v) is 8.99. The van der Waals surface area contributed by atoms with E-state index < -0.39 is 12.8 Å². The fourth-order valence-electron chi connectivity index (χ4n) is 2.69. The lowest BCUT2D eigenvalue weighted by Gasteiger charge is -2.10. The average Bonchev–Trinajstić information content (AvgIpc) is 3.00. The smallest absolute Gasteiger partial charge is 0.422 e. The summed E-state index contributed by atoms with van der Waals surface area (Å²) in [6.07, 6.45) is -4.47. The summed E-state index contributed by atoms with van der Waals surface area (Å²) >= 11 is 6.19. The van der Waals surface area contributed by atoms with Gasteiger partial charge in [-0.05, 0) is 36.8 Å². The number of hydrogen-bond donors (Lipinski definition) is 1. The second-order valence-electron chi connectivity index (χ2n) is 6.31. The van der Waals surface area contributed by atoms with Gasteiger partial charge in [0.1, 0.15) is 5.75 Å². The van der Waals surface area contributed by atoms with E-state index in [0.29, 0.717) is 22.1 Å². The van der Waals surface area contributed by atoms with Crippen LogP contribution in [0.3, 0.4) is 0 Å². The lowest BCUT2D eigenvalue weighted by Crippen LogP contribution is -2.19. The van der Waals surface area contributed by atoms with Gasteiger partial charge in [-0.2, -0.15) is 13.2 Å². The van der Waals surface area contributed by atoms with E-state index >= 15 is 0 Å². The second kappa shape index (κ2) is 8.57. The maximum absolute atomic E-state index is 12.3. The van der Waals surface area contributed by atoms with Crippen molar-refractivity contribution < 1.29 is 22.7 Å². The molecule has 1 heterocycles. The third kappa shape index (κ3) is 5.74. The topological polar surface area (TPSA) is 56.1 Å². The molecule has 0 atom stereocenters. The molecular formula is C20H17ClF3N3O2. The maximum atomic E-state index is 12.3. The Kier molecular flexibility index (Phi) is 6.12. The summed E-state index contributed by atoms with van der Waals surface area (Å²) in [5.74, 6) is 0.0325. The van der Waals surface area contributed by atoms with Crippen LogP contribution in [-0.2, 0) is 11.2 Å². The number of aromatic nitrogens is 2. The molecule has 5 nitrogen and oxygen atoms in total. The number of carbonyl (C=O) groups excluding carboxylic acids is 1. The van der Waals surface area contributed by atoms with Crippen LogP contribution in [-0.4, -0.2) is 28.5 Å². The van der Waals surface area contributed by atoms with Crippen molar-refractivity contribution in [3.8, 4) is 11.4 Å². The van der Waals surface area contributed by atoms with E-state index in [1.807, 2.05) is 13.0 Å². The van der Waals surface area contributed by atoms with Gasteiger partial charge in [-0.1, -0.05) is 35.9 Å². The Balaban J connectivity index is 1.66. The number of carbonyl (C=O) groups is 1. The van der Waals surface area contributed by atoms with E-state index in [0.717, 1.165) is 5.69 Å². The summed E-state index contributed by atoms with van der Waals surface area (Å²) in [6, 6.07) is 14.8. The Bertz CT molecular complexity index is 1020. The second-order valence-corrected chi connectivity index (χ2v) is 6.72. The van der Waals surface area contributed by atoms with E-state index in [1.54, 1.807) is 35.0 Å². The Labute approximate surface area is 170 Å². The summed E-state index contributed by atoms with van der Waals surface area (Å²) in [5, 5.41) is 7.55. The zero-order valence-electron chi connectivity index (χ0n) is 15.3. The molecule has 0 unspecified atom stereocenters. The quantitative estimate of drug-likeness (QED) is 0.610. The van der Waals surface area contributed by atoms with Gasteiger partial charge in [-0.3, -0.25) is 4.79 Å². The SMILES string of the molecule is Cc1cc(NC(=O)Cc2cccc(OCC(F)(F)F)c2)nn1-c1ccccc1Cl. The van der Waals surface area contributed by atoms with Crippen molar-refractivity contribution in [2.24, 2.45) is 0 Å². The third-order valence-corrected chi connectivity index (χ3v) is 4.22. The number of benzene rings is 2. The highest BCUT2D eigenvalue weighted by molar-refractivity contribution is 6.32. The minimum atomic E-state index is -4.42. The average molecular weight is 424 g/mol. The monoisotopic (exact) mass is 423 g/mol. The number of alkyl halides is 3. The number of anilines is 1. The number of ether oxygens (including phenoxy) is 1. The van der Waals surface area contributed by atoms with Crippen LogP contribution in [0.1, 0.15) is 11.3 Å². The maximum Gasteiger partial charge on any atom is 0.422 e. The summed E-state index contributed by atoms with van der Waals surface area (Å²) in [5.41, 5.74) is 1.97. The highest BCUT2D eigenvalue weighted by atomic mass is 35.5. The molecule has 0 spiro atoms. The first kappa shape index (κ1) is 20.7. The minimum Gasteiger partial charge on any atom is -0.484 e. The van der Waals surface area contributed by atoms with E-state index in [2.05, 4.69) is 10.4 Å². The zero-order chi connectivity index (χ0) is 21.0. The van der Waals surface area contributed by atoms with Gasteiger partial charge in [0.25, 0.3) is 0 Å². The summed E-state index contributed by atoms with van der Waals surface area (Å²) in [6.45, 7) is 0.439. The minimum absolute atomic E-state index is 0.0405. The van der Waals surface area contributed by atoms with Crippen molar-refractivity contribution >= 4 is 23.3 Å². The first-order valence-electron chi connectivity index (χ1n) is 8.61. The molecule has 29 heavy (non-hydrogen) atoms. The number of amides is 1. The fourth-order valence-corrected chi connectivity index (χ4v) is 2.90. The molecule has 1 amide bonds. The molecule has 1 aromatic heterocycles. The standard InChI is InChI=1S/C20H17ClF3N3O2/c1-13-9-18(26-27(13)17-8-3-2-7-16(17)21)25-19(28)11-14-5-4-6-15(10-14)29-12-20(22,23)24/h2-10H,11-12H2,1H3,(H,25,26,28). The Hall–Kier alpha value is -3.00. The van der Waals surface area contributed by atoms with Crippen LogP contribution in [0.4, 0.5) is 19.0 Å². The molecule has 0 fully saturated rings. The molecule has 152 valence electrons. The van der Waals surface area contributed by atoms with E-state index in [-0.39, 0.29) is 18.1 Å². The predicted molar refractivity (Wildman–Crippen MR) is 104 cm³/mol. The van der Waals surface area contributed by atoms with Gasteiger partial charge >= 0.3 is 6.18 Å². The lowest BCUT2D eigenvalue weighted by atomic mass is 10.1. The Morgan fingerprint density at radius 3 is 2.66 bits per heavy atom. The number of para-hydroxylation sites is 1. The van der Waals surface area contributed by atoms with Crippen LogP contribution < -0.4 is 10.1 Å². The molecule has 2 aromatic carbocycles. The molecule has 3 rings (SSSR count). The van der Waals surface area contributed by atoms with Crippen LogP contribution >= 0.6 is 11.6 Å². The van der Waals surface area contributed by atoms with Crippen LogP contribution in [0.15, 0.2) is 54.6 Å². The number of aryl methyl sites for hydroxylation is 1. The van der Waals surface area contributed by atoms with Gasteiger partial charge in [0.05, 0.1) is 17.1 Å². The van der Waals surface area contributed by atoms with Gasteiger partial charge in [0.2, 0.25) is 5.91 Å². The number of nitrogens with zero attached hydrogens (tertiary/aromatic N) is 2. The fraction of sp³-hybridized carbons (Fsp3) is 0.200. The normalized spacial score (nSPS) is 11.3. The molecular weight excluding hydrogens is 407 g/mol.